The van der Waals surface area contributed by atoms with E-state index in [4.69, 9.17) is 10.00 Å². The zero-order chi connectivity index (χ0) is 10.1. The van der Waals surface area contributed by atoms with Gasteiger partial charge in [-0.15, -0.1) is 11.3 Å². The van der Waals surface area contributed by atoms with Crippen molar-refractivity contribution >= 4 is 21.4 Å². The van der Waals surface area contributed by atoms with E-state index >= 15 is 0 Å². The van der Waals surface area contributed by atoms with E-state index in [0.29, 0.717) is 5.56 Å². The van der Waals surface area contributed by atoms with Gasteiger partial charge in [-0.2, -0.15) is 5.26 Å². The molecular formula is C10H7NO2S. The maximum atomic E-state index is 9.47. The van der Waals surface area contributed by atoms with Crippen molar-refractivity contribution in [3.63, 3.8) is 0 Å². The van der Waals surface area contributed by atoms with Crippen LogP contribution in [-0.2, 0) is 0 Å². The van der Waals surface area contributed by atoms with Gasteiger partial charge < -0.3 is 9.84 Å². The Morgan fingerprint density at radius 2 is 2.29 bits per heavy atom. The third kappa shape index (κ3) is 1.19. The molecule has 1 heterocycles. The number of rotatable bonds is 1. The number of thiophene rings is 1. The molecule has 3 nitrogen and oxygen atoms in total. The first-order valence-corrected chi connectivity index (χ1v) is 4.82. The van der Waals surface area contributed by atoms with Crippen molar-refractivity contribution in [2.75, 3.05) is 7.11 Å². The van der Waals surface area contributed by atoms with Crippen LogP contribution >= 0.6 is 11.3 Å². The monoisotopic (exact) mass is 205 g/mol. The molecule has 0 saturated heterocycles. The minimum absolute atomic E-state index is 0.00306. The lowest BCUT2D eigenvalue weighted by molar-refractivity contribution is 0.421. The van der Waals surface area contributed by atoms with Crippen molar-refractivity contribution in [1.82, 2.24) is 0 Å². The fourth-order valence-electron chi connectivity index (χ4n) is 1.29. The summed E-state index contributed by atoms with van der Waals surface area (Å²) in [5, 5.41) is 20.9. The van der Waals surface area contributed by atoms with E-state index < -0.39 is 0 Å². The van der Waals surface area contributed by atoms with Crippen molar-refractivity contribution in [3.05, 3.63) is 23.1 Å². The highest BCUT2D eigenvalue weighted by Gasteiger charge is 2.08. The summed E-state index contributed by atoms with van der Waals surface area (Å²) in [6.07, 6.45) is 0. The molecule has 0 aliphatic carbocycles. The second kappa shape index (κ2) is 3.20. The molecule has 0 bridgehead atoms. The number of phenolic OH excluding ortho intramolecular Hbond substituents is 1. The molecule has 0 saturated carbocycles. The van der Waals surface area contributed by atoms with Crippen LogP contribution in [0.4, 0.5) is 0 Å². The summed E-state index contributed by atoms with van der Waals surface area (Å²) in [6, 6.07) is 5.15. The standard InChI is InChI=1S/C10H7NO2S/c1-13-9-5-14-10-2-6(4-11)8(12)3-7(9)10/h2-3,5,12H,1H3. The summed E-state index contributed by atoms with van der Waals surface area (Å²) >= 11 is 1.49. The van der Waals surface area contributed by atoms with Crippen molar-refractivity contribution < 1.29 is 9.84 Å². The van der Waals surface area contributed by atoms with Gasteiger partial charge in [-0.3, -0.25) is 0 Å². The number of ether oxygens (including phenoxy) is 1. The van der Waals surface area contributed by atoms with Crippen LogP contribution < -0.4 is 4.74 Å². The first-order chi connectivity index (χ1) is 6.76. The zero-order valence-corrected chi connectivity index (χ0v) is 8.26. The predicted molar refractivity (Wildman–Crippen MR) is 54.8 cm³/mol. The SMILES string of the molecule is COc1csc2cc(C#N)c(O)cc12. The highest BCUT2D eigenvalue weighted by molar-refractivity contribution is 7.17. The summed E-state index contributed by atoms with van der Waals surface area (Å²) < 4.78 is 6.05. The third-order valence-corrected chi connectivity index (χ3v) is 2.92. The number of nitrogens with zero attached hydrogens (tertiary/aromatic N) is 1. The molecule has 0 atom stereocenters. The van der Waals surface area contributed by atoms with Crippen LogP contribution in [0.1, 0.15) is 5.56 Å². The quantitative estimate of drug-likeness (QED) is 0.778. The summed E-state index contributed by atoms with van der Waals surface area (Å²) in [5.74, 6) is 0.724. The summed E-state index contributed by atoms with van der Waals surface area (Å²) in [7, 11) is 1.58. The molecule has 1 N–H and O–H groups in total. The Hall–Kier alpha value is -1.73. The molecule has 0 amide bonds. The van der Waals surface area contributed by atoms with Gasteiger partial charge in [0.15, 0.2) is 0 Å². The molecule has 0 unspecified atom stereocenters. The number of aromatic hydroxyl groups is 1. The predicted octanol–water partition coefficient (Wildman–Crippen LogP) is 2.49. The van der Waals surface area contributed by atoms with Crippen LogP contribution in [0.3, 0.4) is 0 Å². The first kappa shape index (κ1) is 8.85. The van der Waals surface area contributed by atoms with Gasteiger partial charge in [0.1, 0.15) is 17.6 Å². The minimum atomic E-state index is -0.00306. The third-order valence-electron chi connectivity index (χ3n) is 2.00. The van der Waals surface area contributed by atoms with Crippen LogP contribution in [0.25, 0.3) is 10.1 Å². The fraction of sp³-hybridized carbons (Fsp3) is 0.100. The Kier molecular flexibility index (Phi) is 2.02. The van der Waals surface area contributed by atoms with Gasteiger partial charge >= 0.3 is 0 Å². The Bertz CT molecular complexity index is 525. The van der Waals surface area contributed by atoms with E-state index in [1.165, 1.54) is 11.3 Å². The van der Waals surface area contributed by atoms with Gasteiger partial charge in [0.2, 0.25) is 0 Å². The smallest absolute Gasteiger partial charge is 0.137 e. The molecule has 2 rings (SSSR count). The molecule has 14 heavy (non-hydrogen) atoms. The summed E-state index contributed by atoms with van der Waals surface area (Å²) in [5.41, 5.74) is 0.294. The molecular weight excluding hydrogens is 198 g/mol. The minimum Gasteiger partial charge on any atom is -0.507 e. The lowest BCUT2D eigenvalue weighted by Crippen LogP contribution is -1.80. The lowest BCUT2D eigenvalue weighted by Gasteiger charge is -1.98. The van der Waals surface area contributed by atoms with Crippen LogP contribution in [0.5, 0.6) is 11.5 Å². The second-order valence-corrected chi connectivity index (χ2v) is 3.69. The van der Waals surface area contributed by atoms with Gasteiger partial charge in [-0.1, -0.05) is 0 Å². The molecule has 0 radical (unpaired) electrons. The number of hydrogen-bond acceptors (Lipinski definition) is 4. The Morgan fingerprint density at radius 3 is 2.93 bits per heavy atom. The molecule has 0 aliphatic rings. The van der Waals surface area contributed by atoms with Crippen LogP contribution in [0.15, 0.2) is 17.5 Å². The average molecular weight is 205 g/mol. The molecule has 0 fully saturated rings. The number of methoxy groups -OCH3 is 1. The van der Waals surface area contributed by atoms with E-state index in [2.05, 4.69) is 0 Å². The van der Waals surface area contributed by atoms with Crippen molar-refractivity contribution in [1.29, 1.82) is 5.26 Å². The Balaban J connectivity index is 2.77. The van der Waals surface area contributed by atoms with Gasteiger partial charge in [-0.25, -0.2) is 0 Å². The molecule has 4 heteroatoms. The first-order valence-electron chi connectivity index (χ1n) is 3.94. The van der Waals surface area contributed by atoms with Crippen molar-refractivity contribution in [2.45, 2.75) is 0 Å². The summed E-state index contributed by atoms with van der Waals surface area (Å²) in [6.45, 7) is 0. The maximum absolute atomic E-state index is 9.47. The van der Waals surface area contributed by atoms with Crippen LogP contribution in [0.2, 0.25) is 0 Å². The van der Waals surface area contributed by atoms with E-state index in [9.17, 15) is 5.11 Å². The van der Waals surface area contributed by atoms with E-state index in [-0.39, 0.29) is 5.75 Å². The van der Waals surface area contributed by atoms with E-state index in [1.54, 1.807) is 19.2 Å². The molecule has 1 aromatic heterocycles. The number of phenols is 1. The van der Waals surface area contributed by atoms with Gasteiger partial charge in [-0.05, 0) is 12.1 Å². The average Bonchev–Trinajstić information content (AvgIpc) is 2.58. The number of nitriles is 1. The summed E-state index contributed by atoms with van der Waals surface area (Å²) in [4.78, 5) is 0. The number of fused-ring (bicyclic) bond motifs is 1. The highest BCUT2D eigenvalue weighted by Crippen LogP contribution is 2.35. The molecule has 0 aliphatic heterocycles. The number of hydrogen-bond donors (Lipinski definition) is 1. The lowest BCUT2D eigenvalue weighted by atomic mass is 10.1. The van der Waals surface area contributed by atoms with Gasteiger partial charge in [0.25, 0.3) is 0 Å². The second-order valence-electron chi connectivity index (χ2n) is 2.78. The van der Waals surface area contributed by atoms with Crippen molar-refractivity contribution in [2.24, 2.45) is 0 Å². The van der Waals surface area contributed by atoms with Gasteiger partial charge in [0, 0.05) is 15.5 Å². The van der Waals surface area contributed by atoms with E-state index in [0.717, 1.165) is 15.8 Å². The largest absolute Gasteiger partial charge is 0.507 e. The van der Waals surface area contributed by atoms with Gasteiger partial charge in [0.05, 0.1) is 12.7 Å². The van der Waals surface area contributed by atoms with Crippen LogP contribution in [-0.4, -0.2) is 12.2 Å². The van der Waals surface area contributed by atoms with Crippen molar-refractivity contribution in [3.8, 4) is 17.6 Å². The molecule has 70 valence electrons. The zero-order valence-electron chi connectivity index (χ0n) is 7.44. The molecule has 0 spiro atoms. The Labute approximate surface area is 84.8 Å². The molecule has 1 aromatic carbocycles. The Morgan fingerprint density at radius 1 is 1.50 bits per heavy atom. The normalized spacial score (nSPS) is 10.0. The maximum Gasteiger partial charge on any atom is 0.137 e. The van der Waals surface area contributed by atoms with Crippen LogP contribution in [0, 0.1) is 11.3 Å². The fourth-order valence-corrected chi connectivity index (χ4v) is 2.22. The molecule has 2 aromatic rings. The number of benzene rings is 1. The highest BCUT2D eigenvalue weighted by atomic mass is 32.1. The topological polar surface area (TPSA) is 53.2 Å². The van der Waals surface area contributed by atoms with E-state index in [1.807, 2.05) is 11.4 Å².